The van der Waals surface area contributed by atoms with Crippen molar-refractivity contribution >= 4 is 17.9 Å². The van der Waals surface area contributed by atoms with Crippen LogP contribution in [0, 0.1) is 0 Å². The van der Waals surface area contributed by atoms with E-state index in [2.05, 4.69) is 9.64 Å². The third-order valence-corrected chi connectivity index (χ3v) is 8.06. The van der Waals surface area contributed by atoms with Crippen molar-refractivity contribution in [2.45, 2.75) is 68.0 Å². The zero-order valence-corrected chi connectivity index (χ0v) is 20.2. The minimum atomic E-state index is -1.89. The molecule has 4 aliphatic rings. The number of esters is 2. The predicted molar refractivity (Wildman–Crippen MR) is 121 cm³/mol. The molecule has 6 atom stereocenters. The number of likely N-dealkylation sites (N-methyl/N-ethyl adjacent to an activating group) is 1. The normalized spacial score (nSPS) is 31.3. The Kier molecular flexibility index (Phi) is 5.77. The van der Waals surface area contributed by atoms with Gasteiger partial charge >= 0.3 is 17.9 Å². The fourth-order valence-electron chi connectivity index (χ4n) is 6.31. The third-order valence-electron chi connectivity index (χ3n) is 8.06. The van der Waals surface area contributed by atoms with E-state index in [1.54, 1.807) is 6.08 Å². The van der Waals surface area contributed by atoms with Crippen molar-refractivity contribution in [2.24, 2.45) is 0 Å². The van der Waals surface area contributed by atoms with Crippen molar-refractivity contribution in [2.75, 3.05) is 20.7 Å². The second-order valence-corrected chi connectivity index (χ2v) is 9.90. The first-order chi connectivity index (χ1) is 17.0. The number of aliphatic hydroxyl groups is 2. The number of carbonyl (C=O) groups excluding carboxylic acids is 2. The molecule has 1 saturated heterocycles. The van der Waals surface area contributed by atoms with Gasteiger partial charge in [-0.05, 0) is 51.1 Å². The van der Waals surface area contributed by atoms with Gasteiger partial charge in [-0.2, -0.15) is 0 Å². The number of aliphatic hydroxyl groups excluding tert-OH is 1. The minimum absolute atomic E-state index is 0.162. The first-order valence-corrected chi connectivity index (χ1v) is 11.8. The number of carboxylic acid groups (broad SMARTS) is 1. The molecule has 1 spiro atoms. The zero-order valence-electron chi connectivity index (χ0n) is 20.2. The van der Waals surface area contributed by atoms with Crippen LogP contribution in [0.4, 0.5) is 0 Å². The zero-order chi connectivity index (χ0) is 26.0. The minimum Gasteiger partial charge on any atom is -0.493 e. The number of nitrogens with zero attached hydrogens (tertiary/aromatic N) is 1. The van der Waals surface area contributed by atoms with Gasteiger partial charge in [0.1, 0.15) is 5.76 Å². The lowest BCUT2D eigenvalue weighted by Gasteiger charge is -2.61. The number of likely N-dealkylation sites (tertiary alicyclic amines) is 1. The first kappa shape index (κ1) is 24.5. The van der Waals surface area contributed by atoms with Crippen LogP contribution < -0.4 is 9.47 Å². The molecule has 2 heterocycles. The molecule has 11 heteroatoms. The summed E-state index contributed by atoms with van der Waals surface area (Å²) in [6.45, 7) is 1.84. The quantitative estimate of drug-likeness (QED) is 0.440. The van der Waals surface area contributed by atoms with Crippen LogP contribution in [0.3, 0.4) is 0 Å². The number of carbonyl (C=O) groups is 3. The Morgan fingerprint density at radius 2 is 2.06 bits per heavy atom. The van der Waals surface area contributed by atoms with Gasteiger partial charge in [0, 0.05) is 18.0 Å². The lowest BCUT2D eigenvalue weighted by Crippen LogP contribution is -2.74. The molecule has 0 radical (unpaired) electrons. The first-order valence-electron chi connectivity index (χ1n) is 11.8. The molecule has 1 aromatic carbocycles. The molecule has 1 fully saturated rings. The van der Waals surface area contributed by atoms with E-state index in [4.69, 9.17) is 19.3 Å². The second kappa shape index (κ2) is 8.46. The lowest BCUT2D eigenvalue weighted by atomic mass is 9.50. The molecule has 0 amide bonds. The van der Waals surface area contributed by atoms with Crippen LogP contribution in [0.25, 0.3) is 0 Å². The number of rotatable bonds is 7. The number of ether oxygens (including phenoxy) is 4. The number of benzene rings is 1. The maximum atomic E-state index is 12.7. The molecule has 3 N–H and O–H groups in total. The summed E-state index contributed by atoms with van der Waals surface area (Å²) in [5.41, 5.74) is -0.0958. The molecule has 5 rings (SSSR count). The molecule has 2 aliphatic carbocycles. The highest BCUT2D eigenvalue weighted by Gasteiger charge is 2.72. The third kappa shape index (κ3) is 3.33. The maximum Gasteiger partial charge on any atom is 0.344 e. The largest absolute Gasteiger partial charge is 0.493 e. The molecule has 2 bridgehead atoms. The van der Waals surface area contributed by atoms with Gasteiger partial charge in [0.2, 0.25) is 0 Å². The molecule has 194 valence electrons. The number of aliphatic carboxylic acids is 1. The van der Waals surface area contributed by atoms with Crippen LogP contribution in [0.5, 0.6) is 11.5 Å². The van der Waals surface area contributed by atoms with Gasteiger partial charge in [0.05, 0.1) is 24.5 Å². The highest BCUT2D eigenvalue weighted by molar-refractivity contribution is 5.84. The smallest absolute Gasteiger partial charge is 0.344 e. The van der Waals surface area contributed by atoms with Gasteiger partial charge in [0.25, 0.3) is 0 Å². The van der Waals surface area contributed by atoms with Crippen molar-refractivity contribution < 1.29 is 48.7 Å². The Labute approximate surface area is 207 Å². The van der Waals surface area contributed by atoms with Crippen molar-refractivity contribution in [3.05, 3.63) is 35.1 Å². The second-order valence-electron chi connectivity index (χ2n) is 9.90. The topological polar surface area (TPSA) is 152 Å². The summed E-state index contributed by atoms with van der Waals surface area (Å²) in [5.74, 6) is -2.29. The Morgan fingerprint density at radius 1 is 1.31 bits per heavy atom. The van der Waals surface area contributed by atoms with Gasteiger partial charge in [-0.3, -0.25) is 4.79 Å². The van der Waals surface area contributed by atoms with E-state index >= 15 is 0 Å². The fourth-order valence-corrected chi connectivity index (χ4v) is 6.31. The number of hydrogen-bond acceptors (Lipinski definition) is 10. The summed E-state index contributed by atoms with van der Waals surface area (Å²) in [6.07, 6.45) is -1.85. The van der Waals surface area contributed by atoms with E-state index in [0.29, 0.717) is 30.9 Å². The molecule has 2 unspecified atom stereocenters. The molecule has 0 saturated carbocycles. The van der Waals surface area contributed by atoms with Gasteiger partial charge in [0.15, 0.2) is 29.8 Å². The van der Waals surface area contributed by atoms with Crippen molar-refractivity contribution in [1.82, 2.24) is 4.90 Å². The SMILES string of the molecule is COc1ccc2c3c1OC1C(OC(=O)C[C@H](O)C(=O)O[C@@H](C)C(=O)O)=CC[C@@]4(O)[C@@H](C2)N(C)CCC314. The predicted octanol–water partition coefficient (Wildman–Crippen LogP) is 0.283. The van der Waals surface area contributed by atoms with E-state index in [1.165, 1.54) is 7.11 Å². The van der Waals surface area contributed by atoms with Crippen LogP contribution in [-0.4, -0.2) is 88.8 Å². The molecule has 11 nitrogen and oxygen atoms in total. The highest BCUT2D eigenvalue weighted by Crippen LogP contribution is 2.65. The molecule has 0 aromatic heterocycles. The molecular formula is C25H29NO10. The number of methoxy groups -OCH3 is 1. The van der Waals surface area contributed by atoms with E-state index in [-0.39, 0.29) is 18.2 Å². The molecule has 2 aliphatic heterocycles. The monoisotopic (exact) mass is 503 g/mol. The highest BCUT2D eigenvalue weighted by atomic mass is 16.6. The van der Waals surface area contributed by atoms with Crippen molar-refractivity contribution in [3.8, 4) is 11.5 Å². The summed E-state index contributed by atoms with van der Waals surface area (Å²) in [6, 6.07) is 3.66. The van der Waals surface area contributed by atoms with Crippen molar-refractivity contribution in [3.63, 3.8) is 0 Å². The summed E-state index contributed by atoms with van der Waals surface area (Å²) < 4.78 is 22.1. The van der Waals surface area contributed by atoms with Crippen LogP contribution in [0.15, 0.2) is 24.0 Å². The average Bonchev–Trinajstić information content (AvgIpc) is 3.18. The van der Waals surface area contributed by atoms with E-state index in [9.17, 15) is 24.6 Å². The summed E-state index contributed by atoms with van der Waals surface area (Å²) >= 11 is 0. The van der Waals surface area contributed by atoms with Gasteiger partial charge < -0.3 is 39.2 Å². The number of carboxylic acids is 1. The molecule has 1 aromatic rings. The standard InChI is InChI=1S/C25H29NO10/c1-12(22(29)30)34-23(31)14(27)11-18(28)35-16-6-7-25(32)17-10-13-4-5-15(33-3)20-19(13)24(25,21(16)36-20)8-9-26(17)2/h4-6,12,14,17,21,27,32H,7-11H2,1-3H3,(H,29,30)/t12-,14-,17+,21?,24?,25+/m0/s1. The van der Waals surface area contributed by atoms with Crippen molar-refractivity contribution in [1.29, 1.82) is 0 Å². The van der Waals surface area contributed by atoms with Crippen LogP contribution in [0.2, 0.25) is 0 Å². The molecule has 36 heavy (non-hydrogen) atoms. The Morgan fingerprint density at radius 3 is 2.75 bits per heavy atom. The maximum absolute atomic E-state index is 12.7. The summed E-state index contributed by atoms with van der Waals surface area (Å²) in [7, 11) is 3.52. The summed E-state index contributed by atoms with van der Waals surface area (Å²) in [4.78, 5) is 37.7. The van der Waals surface area contributed by atoms with Crippen LogP contribution >= 0.6 is 0 Å². The van der Waals surface area contributed by atoms with Gasteiger partial charge in [-0.15, -0.1) is 0 Å². The Balaban J connectivity index is 1.43. The average molecular weight is 504 g/mol. The number of hydrogen-bond donors (Lipinski definition) is 3. The van der Waals surface area contributed by atoms with Gasteiger partial charge in [-0.1, -0.05) is 6.07 Å². The molecular weight excluding hydrogens is 474 g/mol. The van der Waals surface area contributed by atoms with E-state index in [0.717, 1.165) is 18.1 Å². The Bertz CT molecular complexity index is 1160. The number of piperidine rings is 1. The fraction of sp³-hybridized carbons (Fsp3) is 0.560. The van der Waals surface area contributed by atoms with E-state index < -0.39 is 53.7 Å². The Hall–Kier alpha value is -3.15. The summed E-state index contributed by atoms with van der Waals surface area (Å²) in [5, 5.41) is 31.1. The lowest BCUT2D eigenvalue weighted by molar-refractivity contribution is -0.173. The van der Waals surface area contributed by atoms with E-state index in [1.807, 2.05) is 19.2 Å². The van der Waals surface area contributed by atoms with Crippen LogP contribution in [-0.2, 0) is 35.7 Å². The van der Waals surface area contributed by atoms with Crippen LogP contribution in [0.1, 0.15) is 37.3 Å². The van der Waals surface area contributed by atoms with Gasteiger partial charge in [-0.25, -0.2) is 9.59 Å².